The van der Waals surface area contributed by atoms with Gasteiger partial charge in [-0.25, -0.2) is 0 Å². The summed E-state index contributed by atoms with van der Waals surface area (Å²) in [5.41, 5.74) is 2.81. The SMILES string of the molecule is Cc1cc(Br)cc(C(O)Cc2ccc([N+](=O)[O-])cc2)c1. The van der Waals surface area contributed by atoms with E-state index in [0.29, 0.717) is 6.42 Å². The van der Waals surface area contributed by atoms with E-state index in [4.69, 9.17) is 0 Å². The molecule has 0 aliphatic carbocycles. The molecule has 4 nitrogen and oxygen atoms in total. The smallest absolute Gasteiger partial charge is 0.269 e. The lowest BCUT2D eigenvalue weighted by Crippen LogP contribution is -2.02. The Hall–Kier alpha value is -1.72. The van der Waals surface area contributed by atoms with Crippen LogP contribution in [0.15, 0.2) is 46.9 Å². The van der Waals surface area contributed by atoms with Crippen LogP contribution >= 0.6 is 15.9 Å². The summed E-state index contributed by atoms with van der Waals surface area (Å²) in [5, 5.41) is 20.8. The van der Waals surface area contributed by atoms with E-state index in [1.54, 1.807) is 12.1 Å². The molecule has 20 heavy (non-hydrogen) atoms. The van der Waals surface area contributed by atoms with Gasteiger partial charge >= 0.3 is 0 Å². The van der Waals surface area contributed by atoms with E-state index in [1.165, 1.54) is 12.1 Å². The number of hydrogen-bond donors (Lipinski definition) is 1. The lowest BCUT2D eigenvalue weighted by Gasteiger charge is -2.12. The molecule has 0 bridgehead atoms. The minimum atomic E-state index is -0.632. The summed E-state index contributed by atoms with van der Waals surface area (Å²) in [7, 11) is 0. The second-order valence-corrected chi connectivity index (χ2v) is 5.62. The number of aliphatic hydroxyl groups is 1. The fraction of sp³-hybridized carbons (Fsp3) is 0.200. The number of halogens is 1. The third-order valence-electron chi connectivity index (χ3n) is 3.03. The van der Waals surface area contributed by atoms with Crippen LogP contribution in [0.5, 0.6) is 0 Å². The fourth-order valence-corrected chi connectivity index (χ4v) is 2.68. The molecule has 0 spiro atoms. The summed E-state index contributed by atoms with van der Waals surface area (Å²) in [6, 6.07) is 12.0. The van der Waals surface area contributed by atoms with Crippen LogP contribution < -0.4 is 0 Å². The van der Waals surface area contributed by atoms with Gasteiger partial charge in [-0.2, -0.15) is 0 Å². The van der Waals surface area contributed by atoms with Gasteiger partial charge in [0, 0.05) is 23.0 Å². The number of benzene rings is 2. The quantitative estimate of drug-likeness (QED) is 0.679. The van der Waals surface area contributed by atoms with Gasteiger partial charge in [0.15, 0.2) is 0 Å². The average Bonchev–Trinajstić information content (AvgIpc) is 2.38. The van der Waals surface area contributed by atoms with E-state index in [1.807, 2.05) is 25.1 Å². The maximum atomic E-state index is 10.6. The summed E-state index contributed by atoms with van der Waals surface area (Å²) >= 11 is 3.41. The summed E-state index contributed by atoms with van der Waals surface area (Å²) < 4.78 is 0.926. The lowest BCUT2D eigenvalue weighted by atomic mass is 10.00. The first-order valence-corrected chi connectivity index (χ1v) is 6.93. The third kappa shape index (κ3) is 3.65. The van der Waals surface area contributed by atoms with Crippen molar-refractivity contribution < 1.29 is 10.0 Å². The van der Waals surface area contributed by atoms with Crippen molar-refractivity contribution in [3.05, 3.63) is 73.7 Å². The summed E-state index contributed by atoms with van der Waals surface area (Å²) in [5.74, 6) is 0. The maximum absolute atomic E-state index is 10.6. The monoisotopic (exact) mass is 335 g/mol. The van der Waals surface area contributed by atoms with E-state index in [2.05, 4.69) is 15.9 Å². The summed E-state index contributed by atoms with van der Waals surface area (Å²) in [6.45, 7) is 1.97. The highest BCUT2D eigenvalue weighted by Gasteiger charge is 2.11. The van der Waals surface area contributed by atoms with E-state index < -0.39 is 11.0 Å². The molecule has 5 heteroatoms. The molecule has 104 valence electrons. The Morgan fingerprint density at radius 3 is 2.45 bits per heavy atom. The van der Waals surface area contributed by atoms with Crippen molar-refractivity contribution in [1.29, 1.82) is 0 Å². The molecule has 2 aromatic rings. The van der Waals surface area contributed by atoms with Gasteiger partial charge in [0.1, 0.15) is 0 Å². The van der Waals surface area contributed by atoms with Crippen molar-refractivity contribution in [1.82, 2.24) is 0 Å². The van der Waals surface area contributed by atoms with Crippen molar-refractivity contribution in [2.75, 3.05) is 0 Å². The second-order valence-electron chi connectivity index (χ2n) is 4.71. The van der Waals surface area contributed by atoms with Crippen molar-refractivity contribution in [3.8, 4) is 0 Å². The molecule has 0 aliphatic heterocycles. The van der Waals surface area contributed by atoms with Gasteiger partial charge in [0.05, 0.1) is 11.0 Å². The molecular formula is C15H14BrNO3. The zero-order valence-electron chi connectivity index (χ0n) is 10.9. The summed E-state index contributed by atoms with van der Waals surface area (Å²) in [6.07, 6.45) is -0.207. The molecule has 0 aliphatic rings. The average molecular weight is 336 g/mol. The molecule has 0 heterocycles. The number of aryl methyl sites for hydroxylation is 1. The standard InChI is InChI=1S/C15H14BrNO3/c1-10-6-12(9-13(16)7-10)15(18)8-11-2-4-14(5-3-11)17(19)20/h2-7,9,15,18H,8H2,1H3. The Labute approximate surface area is 125 Å². The van der Waals surface area contributed by atoms with Gasteiger partial charge in [-0.05, 0) is 35.7 Å². The molecule has 0 aromatic heterocycles. The molecule has 1 N–H and O–H groups in total. The molecule has 1 unspecified atom stereocenters. The molecule has 0 amide bonds. The van der Waals surface area contributed by atoms with Crippen LogP contribution in [0.4, 0.5) is 5.69 Å². The van der Waals surface area contributed by atoms with Crippen molar-refractivity contribution >= 4 is 21.6 Å². The lowest BCUT2D eigenvalue weighted by molar-refractivity contribution is -0.384. The van der Waals surface area contributed by atoms with Gasteiger partial charge in [-0.1, -0.05) is 34.1 Å². The van der Waals surface area contributed by atoms with Crippen molar-refractivity contribution in [3.63, 3.8) is 0 Å². The highest BCUT2D eigenvalue weighted by molar-refractivity contribution is 9.10. The highest BCUT2D eigenvalue weighted by Crippen LogP contribution is 2.24. The number of nitro benzene ring substituents is 1. The number of non-ortho nitro benzene ring substituents is 1. The largest absolute Gasteiger partial charge is 0.388 e. The first-order chi connectivity index (χ1) is 9.45. The van der Waals surface area contributed by atoms with Gasteiger partial charge < -0.3 is 5.11 Å². The molecule has 0 radical (unpaired) electrons. The van der Waals surface area contributed by atoms with E-state index in [-0.39, 0.29) is 5.69 Å². The van der Waals surface area contributed by atoms with Crippen LogP contribution in [0.3, 0.4) is 0 Å². The Morgan fingerprint density at radius 1 is 1.25 bits per heavy atom. The number of hydrogen-bond acceptors (Lipinski definition) is 3. The predicted molar refractivity (Wildman–Crippen MR) is 80.6 cm³/mol. The predicted octanol–water partition coefficient (Wildman–Crippen LogP) is 3.94. The topological polar surface area (TPSA) is 63.4 Å². The molecular weight excluding hydrogens is 322 g/mol. The van der Waals surface area contributed by atoms with Crippen LogP contribution in [0.1, 0.15) is 22.8 Å². The Bertz CT molecular complexity index is 605. The van der Waals surface area contributed by atoms with E-state index >= 15 is 0 Å². The number of nitrogens with zero attached hydrogens (tertiary/aromatic N) is 1. The normalized spacial score (nSPS) is 12.2. The van der Waals surface area contributed by atoms with Crippen LogP contribution in [0.25, 0.3) is 0 Å². The maximum Gasteiger partial charge on any atom is 0.269 e. The molecule has 2 aromatic carbocycles. The van der Waals surface area contributed by atoms with Gasteiger partial charge in [0.25, 0.3) is 5.69 Å². The van der Waals surface area contributed by atoms with Crippen molar-refractivity contribution in [2.45, 2.75) is 19.4 Å². The third-order valence-corrected chi connectivity index (χ3v) is 3.48. The minimum absolute atomic E-state index is 0.0570. The first kappa shape index (κ1) is 14.7. The number of nitro groups is 1. The Kier molecular flexibility index (Phi) is 4.52. The van der Waals surface area contributed by atoms with Crippen molar-refractivity contribution in [2.24, 2.45) is 0 Å². The zero-order chi connectivity index (χ0) is 14.7. The van der Waals surface area contributed by atoms with E-state index in [9.17, 15) is 15.2 Å². The fourth-order valence-electron chi connectivity index (χ4n) is 2.05. The zero-order valence-corrected chi connectivity index (χ0v) is 12.5. The van der Waals surface area contributed by atoms with Crippen LogP contribution in [0.2, 0.25) is 0 Å². The Balaban J connectivity index is 2.14. The first-order valence-electron chi connectivity index (χ1n) is 6.14. The second kappa shape index (κ2) is 6.15. The van der Waals surface area contributed by atoms with Gasteiger partial charge in [0.2, 0.25) is 0 Å². The minimum Gasteiger partial charge on any atom is -0.388 e. The summed E-state index contributed by atoms with van der Waals surface area (Å²) in [4.78, 5) is 10.1. The molecule has 1 atom stereocenters. The number of aliphatic hydroxyl groups excluding tert-OH is 1. The van der Waals surface area contributed by atoms with Gasteiger partial charge in [-0.3, -0.25) is 10.1 Å². The van der Waals surface area contributed by atoms with E-state index in [0.717, 1.165) is 21.2 Å². The van der Waals surface area contributed by atoms with Crippen LogP contribution in [-0.2, 0) is 6.42 Å². The van der Waals surface area contributed by atoms with Gasteiger partial charge in [-0.15, -0.1) is 0 Å². The highest BCUT2D eigenvalue weighted by atomic mass is 79.9. The van der Waals surface area contributed by atoms with Crippen LogP contribution in [-0.4, -0.2) is 10.0 Å². The molecule has 0 saturated heterocycles. The Morgan fingerprint density at radius 2 is 1.90 bits per heavy atom. The molecule has 2 rings (SSSR count). The molecule has 0 fully saturated rings. The van der Waals surface area contributed by atoms with Crippen LogP contribution in [0, 0.1) is 17.0 Å². The molecule has 0 saturated carbocycles. The number of rotatable bonds is 4.